The van der Waals surface area contributed by atoms with Crippen LogP contribution >= 0.6 is 0 Å². The molecule has 3 heterocycles. The highest BCUT2D eigenvalue weighted by atomic mass is 16.7. The molecule has 0 spiro atoms. The summed E-state index contributed by atoms with van der Waals surface area (Å²) < 4.78 is 25.0. The van der Waals surface area contributed by atoms with E-state index in [1.165, 1.54) is 25.8 Å². The molecule has 3 aliphatic rings. The van der Waals surface area contributed by atoms with E-state index in [-0.39, 0.29) is 36.5 Å². The number of cyclic esters (lactones) is 1. The zero-order valence-corrected chi connectivity index (χ0v) is 30.9. The lowest BCUT2D eigenvalue weighted by molar-refractivity contribution is -0.295. The summed E-state index contributed by atoms with van der Waals surface area (Å²) in [6.45, 7) is 18.0. The van der Waals surface area contributed by atoms with Gasteiger partial charge in [0.2, 0.25) is 0 Å². The van der Waals surface area contributed by atoms with Crippen molar-refractivity contribution in [1.82, 2.24) is 14.7 Å². The molecular formula is C36H67N3O7. The van der Waals surface area contributed by atoms with Gasteiger partial charge in [-0.3, -0.25) is 14.5 Å². The van der Waals surface area contributed by atoms with Crippen LogP contribution in [0.25, 0.3) is 0 Å². The number of likely N-dealkylation sites (tertiary alicyclic amines) is 1. The number of rotatable bonds is 9. The number of hydrogen-bond donors (Lipinski definition) is 1. The van der Waals surface area contributed by atoms with Crippen LogP contribution in [0.3, 0.4) is 0 Å². The van der Waals surface area contributed by atoms with Gasteiger partial charge in [0.1, 0.15) is 18.1 Å². The minimum absolute atomic E-state index is 0.0558. The zero-order chi connectivity index (χ0) is 34.4. The molecule has 46 heavy (non-hydrogen) atoms. The van der Waals surface area contributed by atoms with Crippen LogP contribution in [-0.4, -0.2) is 135 Å². The number of nitrogens with zero attached hydrogens (tertiary/aromatic N) is 3. The quantitative estimate of drug-likeness (QED) is 0.288. The van der Waals surface area contributed by atoms with Crippen molar-refractivity contribution in [3.05, 3.63) is 0 Å². The maximum atomic E-state index is 14.2. The molecule has 0 aromatic rings. The molecule has 0 saturated carbocycles. The van der Waals surface area contributed by atoms with Gasteiger partial charge in [0, 0.05) is 31.7 Å². The third-order valence-corrected chi connectivity index (χ3v) is 11.2. The number of carbonyl (C=O) groups is 2. The van der Waals surface area contributed by atoms with Crippen LogP contribution in [0.4, 0.5) is 0 Å². The van der Waals surface area contributed by atoms with Crippen LogP contribution < -0.4 is 0 Å². The Kier molecular flexibility index (Phi) is 14.5. The summed E-state index contributed by atoms with van der Waals surface area (Å²) in [6.07, 6.45) is 4.15. The van der Waals surface area contributed by atoms with Gasteiger partial charge in [-0.15, -0.1) is 0 Å². The van der Waals surface area contributed by atoms with Crippen LogP contribution in [0.15, 0.2) is 0 Å². The fourth-order valence-electron chi connectivity index (χ4n) is 8.14. The number of ether oxygens (including phenoxy) is 4. The van der Waals surface area contributed by atoms with Gasteiger partial charge in [-0.1, -0.05) is 20.8 Å². The number of piperidine rings is 1. The number of likely N-dealkylation sites (N-methyl/N-ethyl adjacent to an activating group) is 2. The average molecular weight is 654 g/mol. The lowest BCUT2D eigenvalue weighted by Gasteiger charge is -2.47. The van der Waals surface area contributed by atoms with Gasteiger partial charge >= 0.3 is 5.97 Å². The van der Waals surface area contributed by atoms with Crippen LogP contribution in [-0.2, 0) is 28.5 Å². The molecule has 9 atom stereocenters. The Morgan fingerprint density at radius 1 is 1.07 bits per heavy atom. The monoisotopic (exact) mass is 653 g/mol. The number of carbonyl (C=O) groups excluding carboxylic acids is 2. The zero-order valence-electron chi connectivity index (χ0n) is 30.9. The lowest BCUT2D eigenvalue weighted by atomic mass is 9.74. The third-order valence-electron chi connectivity index (χ3n) is 11.2. The van der Waals surface area contributed by atoms with Crippen molar-refractivity contribution in [3.8, 4) is 0 Å². The minimum Gasteiger partial charge on any atom is -0.463 e. The van der Waals surface area contributed by atoms with E-state index in [0.717, 1.165) is 32.5 Å². The highest BCUT2D eigenvalue weighted by molar-refractivity contribution is 6.04. The predicted molar refractivity (Wildman–Crippen MR) is 181 cm³/mol. The van der Waals surface area contributed by atoms with E-state index in [1.807, 2.05) is 32.8 Å². The Bertz CT molecular complexity index is 971. The predicted octanol–water partition coefficient (Wildman–Crippen LogP) is 4.22. The normalized spacial score (nSPS) is 38.2. The van der Waals surface area contributed by atoms with E-state index in [0.29, 0.717) is 18.8 Å². The SMILES string of the molecule is CCCN1CCC(CC[C@@H]2COC(=O)C(C)(C)C(=O)[C@H](C)[C@@H](O[C@@H]3O[C@H](C)C[C@H](N(C)C)[C@H]3O)[C@](C)(OC)C[C@@H](C)CN2C)CC1. The molecule has 268 valence electrons. The summed E-state index contributed by atoms with van der Waals surface area (Å²) in [4.78, 5) is 34.7. The highest BCUT2D eigenvalue weighted by Gasteiger charge is 2.51. The number of aliphatic hydroxyl groups excluding tert-OH is 1. The molecule has 3 fully saturated rings. The van der Waals surface area contributed by atoms with Crippen LogP contribution in [0.5, 0.6) is 0 Å². The first-order chi connectivity index (χ1) is 21.5. The molecule has 10 nitrogen and oxygen atoms in total. The van der Waals surface area contributed by atoms with Gasteiger partial charge in [-0.25, -0.2) is 0 Å². The summed E-state index contributed by atoms with van der Waals surface area (Å²) in [6, 6.07) is -0.108. The fourth-order valence-corrected chi connectivity index (χ4v) is 8.14. The van der Waals surface area contributed by atoms with Crippen molar-refractivity contribution in [2.45, 2.75) is 136 Å². The first kappa shape index (κ1) is 39.3. The number of hydrogen-bond acceptors (Lipinski definition) is 10. The number of esters is 1. The largest absolute Gasteiger partial charge is 0.463 e. The molecule has 0 bridgehead atoms. The molecule has 0 aromatic heterocycles. The number of aliphatic hydroxyl groups is 1. The Morgan fingerprint density at radius 3 is 2.30 bits per heavy atom. The van der Waals surface area contributed by atoms with Crippen molar-refractivity contribution >= 4 is 11.8 Å². The van der Waals surface area contributed by atoms with E-state index in [9.17, 15) is 14.7 Å². The van der Waals surface area contributed by atoms with Gasteiger partial charge in [0.25, 0.3) is 0 Å². The topological polar surface area (TPSA) is 101 Å². The maximum absolute atomic E-state index is 14.2. The smallest absolute Gasteiger partial charge is 0.319 e. The number of methoxy groups -OCH3 is 1. The standard InChI is InChI=1S/C36H67N3O7/c1-12-17-39-18-15-27(16-19-39)13-14-28-23-44-34(42)35(5,6)31(41)26(4)32(36(7,43-11)21-24(2)22-38(28)10)46-33-30(40)29(37(8)9)20-25(3)45-33/h24-30,32-33,40H,12-23H2,1-11H3/t24-,25-,26+,28-,29+,30-,32-,33+,36-/m1/s1. The Morgan fingerprint density at radius 2 is 1.72 bits per heavy atom. The number of ketones is 1. The van der Waals surface area contributed by atoms with Crippen molar-refractivity contribution in [2.24, 2.45) is 23.2 Å². The summed E-state index contributed by atoms with van der Waals surface area (Å²) >= 11 is 0. The molecule has 1 N–H and O–H groups in total. The summed E-state index contributed by atoms with van der Waals surface area (Å²) in [5.74, 6) is -0.670. The summed E-state index contributed by atoms with van der Waals surface area (Å²) in [7, 11) is 7.64. The first-order valence-electron chi connectivity index (χ1n) is 17.9. The molecule has 0 unspecified atom stereocenters. The van der Waals surface area contributed by atoms with Gasteiger partial charge in [0.15, 0.2) is 12.1 Å². The van der Waals surface area contributed by atoms with E-state index in [4.69, 9.17) is 18.9 Å². The minimum atomic E-state index is -1.39. The van der Waals surface area contributed by atoms with E-state index in [2.05, 4.69) is 30.7 Å². The molecule has 10 heteroatoms. The van der Waals surface area contributed by atoms with Gasteiger partial charge in [-0.2, -0.15) is 0 Å². The molecule has 3 aliphatic heterocycles. The van der Waals surface area contributed by atoms with Crippen molar-refractivity contribution in [3.63, 3.8) is 0 Å². The Hall–Kier alpha value is -1.14. The van der Waals surface area contributed by atoms with Crippen LogP contribution in [0.2, 0.25) is 0 Å². The van der Waals surface area contributed by atoms with Crippen molar-refractivity contribution in [1.29, 1.82) is 0 Å². The van der Waals surface area contributed by atoms with E-state index < -0.39 is 41.4 Å². The van der Waals surface area contributed by atoms with Crippen molar-refractivity contribution in [2.75, 3.05) is 61.0 Å². The van der Waals surface area contributed by atoms with E-state index in [1.54, 1.807) is 27.9 Å². The molecule has 0 radical (unpaired) electrons. The second kappa shape index (κ2) is 17.0. The average Bonchev–Trinajstić information content (AvgIpc) is 3.00. The first-order valence-corrected chi connectivity index (χ1v) is 17.9. The van der Waals surface area contributed by atoms with Crippen molar-refractivity contribution < 1.29 is 33.6 Å². The molecule has 3 saturated heterocycles. The fraction of sp³-hybridized carbons (Fsp3) is 0.944. The Labute approximate surface area is 279 Å². The van der Waals surface area contributed by atoms with Gasteiger partial charge in [0.05, 0.1) is 17.8 Å². The van der Waals surface area contributed by atoms with Gasteiger partial charge in [-0.05, 0) is 125 Å². The molecular weight excluding hydrogens is 586 g/mol. The lowest BCUT2D eigenvalue weighted by Crippen LogP contribution is -2.59. The maximum Gasteiger partial charge on any atom is 0.319 e. The van der Waals surface area contributed by atoms with Gasteiger partial charge < -0.3 is 33.9 Å². The third kappa shape index (κ3) is 9.73. The second-order valence-electron chi connectivity index (χ2n) is 15.8. The molecule has 0 aliphatic carbocycles. The molecule has 3 rings (SSSR count). The second-order valence-corrected chi connectivity index (χ2v) is 15.8. The van der Waals surface area contributed by atoms with Crippen LogP contribution in [0, 0.1) is 23.2 Å². The summed E-state index contributed by atoms with van der Waals surface area (Å²) in [5, 5.41) is 11.3. The molecule has 0 aromatic carbocycles. The molecule has 0 amide bonds. The van der Waals surface area contributed by atoms with E-state index >= 15 is 0 Å². The van der Waals surface area contributed by atoms with Crippen LogP contribution in [0.1, 0.15) is 93.4 Å². The Balaban J connectivity index is 1.86. The number of Topliss-reactive ketones (excluding diaryl/α,β-unsaturated/α-hetero) is 1. The highest BCUT2D eigenvalue weighted by Crippen LogP contribution is 2.38. The summed E-state index contributed by atoms with van der Waals surface area (Å²) in [5.41, 5.74) is -2.29.